The maximum Gasteiger partial charge on any atom is 0.407 e. The number of nitrogens with zero attached hydrogens (tertiary/aromatic N) is 1. The van der Waals surface area contributed by atoms with Crippen molar-refractivity contribution in [2.75, 3.05) is 13.7 Å². The Balaban J connectivity index is 2.74. The van der Waals surface area contributed by atoms with Crippen LogP contribution in [0.5, 0.6) is 0 Å². The molecular formula is C16H29N3O4. The third-order valence-electron chi connectivity index (χ3n) is 3.92. The summed E-state index contributed by atoms with van der Waals surface area (Å²) in [5, 5.41) is 5.45. The Hall–Kier alpha value is -1.79. The van der Waals surface area contributed by atoms with Gasteiger partial charge in [0.15, 0.2) is 0 Å². The molecule has 0 aromatic heterocycles. The second kappa shape index (κ2) is 8.74. The van der Waals surface area contributed by atoms with Crippen LogP contribution >= 0.6 is 0 Å². The van der Waals surface area contributed by atoms with E-state index >= 15 is 0 Å². The summed E-state index contributed by atoms with van der Waals surface area (Å²) in [5.74, 6) is -0.260. The van der Waals surface area contributed by atoms with Gasteiger partial charge in [-0.05, 0) is 32.6 Å². The van der Waals surface area contributed by atoms with Gasteiger partial charge in [-0.1, -0.05) is 13.8 Å². The molecule has 0 aliphatic carbocycles. The molecule has 1 rings (SSSR count). The highest BCUT2D eigenvalue weighted by Crippen LogP contribution is 2.22. The van der Waals surface area contributed by atoms with E-state index in [1.165, 1.54) is 7.11 Å². The van der Waals surface area contributed by atoms with Gasteiger partial charge in [0.2, 0.25) is 11.8 Å². The van der Waals surface area contributed by atoms with Crippen molar-refractivity contribution in [1.29, 1.82) is 0 Å². The number of carbonyl (C=O) groups is 3. The lowest BCUT2D eigenvalue weighted by molar-refractivity contribution is -0.136. The van der Waals surface area contributed by atoms with Crippen LogP contribution in [0, 0.1) is 5.92 Å². The number of alkyl carbamates (subject to hydrolysis) is 1. The first kappa shape index (κ1) is 19.3. The summed E-state index contributed by atoms with van der Waals surface area (Å²) in [7, 11) is 1.27. The van der Waals surface area contributed by atoms with Crippen molar-refractivity contribution in [1.82, 2.24) is 15.5 Å². The van der Waals surface area contributed by atoms with E-state index in [0.29, 0.717) is 13.0 Å². The number of amides is 3. The summed E-state index contributed by atoms with van der Waals surface area (Å²) in [6.07, 6.45) is 1.35. The van der Waals surface area contributed by atoms with Gasteiger partial charge in [-0.25, -0.2) is 4.79 Å². The van der Waals surface area contributed by atoms with Gasteiger partial charge in [-0.15, -0.1) is 0 Å². The number of hydrogen-bond donors (Lipinski definition) is 2. The maximum atomic E-state index is 12.8. The lowest BCUT2D eigenvalue weighted by atomic mass is 10.0. The number of carbonyl (C=O) groups excluding carboxylic acids is 3. The zero-order chi connectivity index (χ0) is 17.6. The van der Waals surface area contributed by atoms with Crippen LogP contribution in [0.25, 0.3) is 0 Å². The third-order valence-corrected chi connectivity index (χ3v) is 3.92. The van der Waals surface area contributed by atoms with Crippen LogP contribution in [-0.4, -0.2) is 54.6 Å². The number of likely N-dealkylation sites (tertiary alicyclic amines) is 1. The topological polar surface area (TPSA) is 87.7 Å². The van der Waals surface area contributed by atoms with E-state index in [9.17, 15) is 14.4 Å². The van der Waals surface area contributed by atoms with E-state index in [0.717, 1.165) is 12.8 Å². The Morgan fingerprint density at radius 2 is 1.83 bits per heavy atom. The first-order chi connectivity index (χ1) is 10.8. The minimum atomic E-state index is -0.642. The molecule has 1 fully saturated rings. The standard InChI is InChI=1S/C16H29N3O4/c1-10(2)14(18-16(22)23-5)15(21)19-8-6-7-12(19)9-13(20)17-11(3)4/h10-12,14H,6-9H2,1-5H3,(H,17,20)(H,18,22)/t12-,14-/m0/s1. The molecular weight excluding hydrogens is 298 g/mol. The van der Waals surface area contributed by atoms with Gasteiger partial charge in [0.1, 0.15) is 6.04 Å². The zero-order valence-electron chi connectivity index (χ0n) is 14.7. The second-order valence-electron chi connectivity index (χ2n) is 6.61. The average molecular weight is 327 g/mol. The first-order valence-electron chi connectivity index (χ1n) is 8.20. The third kappa shape index (κ3) is 5.73. The monoisotopic (exact) mass is 327 g/mol. The molecule has 1 aliphatic heterocycles. The second-order valence-corrected chi connectivity index (χ2v) is 6.61. The molecule has 7 heteroatoms. The number of ether oxygens (including phenoxy) is 1. The molecule has 3 amide bonds. The molecule has 0 radical (unpaired) electrons. The SMILES string of the molecule is COC(=O)N[C@H](C(=O)N1CCC[C@H]1CC(=O)NC(C)C)C(C)C. The summed E-state index contributed by atoms with van der Waals surface area (Å²) in [4.78, 5) is 37.9. The van der Waals surface area contributed by atoms with Gasteiger partial charge in [0.05, 0.1) is 7.11 Å². The van der Waals surface area contributed by atoms with E-state index in [2.05, 4.69) is 15.4 Å². The molecule has 1 heterocycles. The van der Waals surface area contributed by atoms with Crippen molar-refractivity contribution in [2.24, 2.45) is 5.92 Å². The zero-order valence-corrected chi connectivity index (χ0v) is 14.7. The quantitative estimate of drug-likeness (QED) is 0.769. The number of methoxy groups -OCH3 is 1. The predicted octanol–water partition coefficient (Wildman–Crippen LogP) is 1.27. The minimum absolute atomic E-state index is 0.0493. The predicted molar refractivity (Wildman–Crippen MR) is 86.8 cm³/mol. The van der Waals surface area contributed by atoms with Gasteiger partial charge in [0, 0.05) is 25.0 Å². The fourth-order valence-corrected chi connectivity index (χ4v) is 2.81. The average Bonchev–Trinajstić information content (AvgIpc) is 2.90. The molecule has 0 bridgehead atoms. The van der Waals surface area contributed by atoms with Crippen LogP contribution in [0.15, 0.2) is 0 Å². The van der Waals surface area contributed by atoms with E-state index in [-0.39, 0.29) is 29.8 Å². The Labute approximate surface area is 138 Å². The van der Waals surface area contributed by atoms with Crippen molar-refractivity contribution in [3.05, 3.63) is 0 Å². The molecule has 2 atom stereocenters. The van der Waals surface area contributed by atoms with Crippen LogP contribution in [0.4, 0.5) is 4.79 Å². The Morgan fingerprint density at radius 1 is 1.17 bits per heavy atom. The Bertz CT molecular complexity index is 437. The Morgan fingerprint density at radius 3 is 2.35 bits per heavy atom. The molecule has 1 aliphatic rings. The number of nitrogens with one attached hydrogen (secondary N) is 2. The van der Waals surface area contributed by atoms with Crippen LogP contribution < -0.4 is 10.6 Å². The molecule has 0 saturated carbocycles. The molecule has 0 aromatic rings. The smallest absolute Gasteiger partial charge is 0.407 e. The number of rotatable bonds is 6. The summed E-state index contributed by atoms with van der Waals surface area (Å²) < 4.78 is 4.59. The van der Waals surface area contributed by atoms with Crippen molar-refractivity contribution < 1.29 is 19.1 Å². The van der Waals surface area contributed by atoms with Crippen LogP contribution in [-0.2, 0) is 14.3 Å². The van der Waals surface area contributed by atoms with Crippen molar-refractivity contribution in [2.45, 2.75) is 65.1 Å². The highest BCUT2D eigenvalue weighted by Gasteiger charge is 2.36. The van der Waals surface area contributed by atoms with E-state index < -0.39 is 12.1 Å². The fourth-order valence-electron chi connectivity index (χ4n) is 2.81. The van der Waals surface area contributed by atoms with Crippen LogP contribution in [0.3, 0.4) is 0 Å². The van der Waals surface area contributed by atoms with E-state index in [4.69, 9.17) is 0 Å². The molecule has 23 heavy (non-hydrogen) atoms. The molecule has 0 aromatic carbocycles. The summed E-state index contributed by atoms with van der Waals surface area (Å²) >= 11 is 0. The van der Waals surface area contributed by atoms with Gasteiger partial charge in [0.25, 0.3) is 0 Å². The van der Waals surface area contributed by atoms with Crippen molar-refractivity contribution in [3.8, 4) is 0 Å². The lowest BCUT2D eigenvalue weighted by Crippen LogP contribution is -2.53. The lowest BCUT2D eigenvalue weighted by Gasteiger charge is -2.30. The van der Waals surface area contributed by atoms with Crippen LogP contribution in [0.2, 0.25) is 0 Å². The highest BCUT2D eigenvalue weighted by molar-refractivity contribution is 5.87. The maximum absolute atomic E-state index is 12.8. The van der Waals surface area contributed by atoms with Gasteiger partial charge in [-0.2, -0.15) is 0 Å². The molecule has 2 N–H and O–H groups in total. The fraction of sp³-hybridized carbons (Fsp3) is 0.812. The highest BCUT2D eigenvalue weighted by atomic mass is 16.5. The number of hydrogen-bond acceptors (Lipinski definition) is 4. The van der Waals surface area contributed by atoms with Gasteiger partial charge < -0.3 is 20.3 Å². The normalized spacial score (nSPS) is 18.9. The molecule has 132 valence electrons. The van der Waals surface area contributed by atoms with Gasteiger partial charge >= 0.3 is 6.09 Å². The Kier molecular flexibility index (Phi) is 7.32. The largest absolute Gasteiger partial charge is 0.453 e. The van der Waals surface area contributed by atoms with E-state index in [1.54, 1.807) is 4.90 Å². The minimum Gasteiger partial charge on any atom is -0.453 e. The molecule has 0 unspecified atom stereocenters. The molecule has 1 saturated heterocycles. The van der Waals surface area contributed by atoms with Crippen molar-refractivity contribution >= 4 is 17.9 Å². The summed E-state index contributed by atoms with van der Waals surface area (Å²) in [6, 6.07) is -0.671. The summed E-state index contributed by atoms with van der Waals surface area (Å²) in [6.45, 7) is 8.17. The van der Waals surface area contributed by atoms with E-state index in [1.807, 2.05) is 27.7 Å². The summed E-state index contributed by atoms with van der Waals surface area (Å²) in [5.41, 5.74) is 0. The molecule has 0 spiro atoms. The van der Waals surface area contributed by atoms with Crippen LogP contribution in [0.1, 0.15) is 47.0 Å². The molecule has 7 nitrogen and oxygen atoms in total. The van der Waals surface area contributed by atoms with Crippen molar-refractivity contribution in [3.63, 3.8) is 0 Å². The first-order valence-corrected chi connectivity index (χ1v) is 8.20. The van der Waals surface area contributed by atoms with Gasteiger partial charge in [-0.3, -0.25) is 9.59 Å².